The molecule has 2 aromatic carbocycles. The smallest absolute Gasteiger partial charge is 0.270 e. The van der Waals surface area contributed by atoms with Crippen molar-refractivity contribution in [1.82, 2.24) is 0 Å². The molecule has 0 bridgehead atoms. The molecule has 0 radical (unpaired) electrons. The Bertz CT molecular complexity index is 664. The van der Waals surface area contributed by atoms with E-state index in [1.165, 1.54) is 12.1 Å². The first-order chi connectivity index (χ1) is 9.95. The van der Waals surface area contributed by atoms with E-state index in [9.17, 15) is 10.1 Å². The van der Waals surface area contributed by atoms with E-state index in [4.69, 9.17) is 17.3 Å². The van der Waals surface area contributed by atoms with Crippen LogP contribution in [-0.4, -0.2) is 11.0 Å². The standard InChI is InChI=1S/C15H14BrClN2O2/c16-12-3-1-2-10(6-12)7-13(18)8-11-4-5-14(19(20)21)9-15(11)17/h1-6,9,13H,7-8,18H2. The van der Waals surface area contributed by atoms with Gasteiger partial charge in [-0.2, -0.15) is 0 Å². The Hall–Kier alpha value is -1.43. The summed E-state index contributed by atoms with van der Waals surface area (Å²) in [5, 5.41) is 11.1. The molecule has 2 N–H and O–H groups in total. The van der Waals surface area contributed by atoms with Gasteiger partial charge in [0.2, 0.25) is 0 Å². The van der Waals surface area contributed by atoms with Crippen molar-refractivity contribution in [2.75, 3.05) is 0 Å². The number of nitro benzene ring substituents is 1. The number of nitrogens with two attached hydrogens (primary N) is 1. The predicted octanol–water partition coefficient (Wildman–Crippen LogP) is 4.12. The molecule has 0 aliphatic rings. The molecule has 2 aromatic rings. The summed E-state index contributed by atoms with van der Waals surface area (Å²) in [6.45, 7) is 0. The molecule has 0 aromatic heterocycles. The molecule has 0 aliphatic carbocycles. The van der Waals surface area contributed by atoms with Crippen molar-refractivity contribution in [1.29, 1.82) is 0 Å². The minimum Gasteiger partial charge on any atom is -0.327 e. The molecule has 6 heteroatoms. The third-order valence-corrected chi connectivity index (χ3v) is 3.96. The van der Waals surface area contributed by atoms with Crippen molar-refractivity contribution in [3.63, 3.8) is 0 Å². The molecule has 0 amide bonds. The summed E-state index contributed by atoms with van der Waals surface area (Å²) in [4.78, 5) is 10.2. The van der Waals surface area contributed by atoms with Gasteiger partial charge in [0, 0.05) is 22.6 Å². The first kappa shape index (κ1) is 15.9. The second-order valence-electron chi connectivity index (χ2n) is 4.83. The molecule has 2 rings (SSSR count). The lowest BCUT2D eigenvalue weighted by Gasteiger charge is -2.13. The fourth-order valence-electron chi connectivity index (χ4n) is 2.14. The maximum absolute atomic E-state index is 10.7. The molecule has 1 unspecified atom stereocenters. The zero-order valence-electron chi connectivity index (χ0n) is 11.1. The van der Waals surface area contributed by atoms with Crippen molar-refractivity contribution < 1.29 is 4.92 Å². The molecule has 0 saturated carbocycles. The average molecular weight is 370 g/mol. The number of benzene rings is 2. The highest BCUT2D eigenvalue weighted by Gasteiger charge is 2.12. The van der Waals surface area contributed by atoms with E-state index < -0.39 is 4.92 Å². The molecule has 21 heavy (non-hydrogen) atoms. The lowest BCUT2D eigenvalue weighted by molar-refractivity contribution is -0.384. The number of nitro groups is 1. The van der Waals surface area contributed by atoms with Crippen LogP contribution in [0.1, 0.15) is 11.1 Å². The highest BCUT2D eigenvalue weighted by molar-refractivity contribution is 9.10. The molecule has 0 aliphatic heterocycles. The van der Waals surface area contributed by atoms with Crippen LogP contribution in [0.3, 0.4) is 0 Å². The molecule has 0 heterocycles. The van der Waals surface area contributed by atoms with Gasteiger partial charge in [-0.25, -0.2) is 0 Å². The van der Waals surface area contributed by atoms with Gasteiger partial charge in [0.15, 0.2) is 0 Å². The Morgan fingerprint density at radius 1 is 1.24 bits per heavy atom. The molecule has 1 atom stereocenters. The first-order valence-corrected chi connectivity index (χ1v) is 7.55. The van der Waals surface area contributed by atoms with Crippen molar-refractivity contribution in [2.24, 2.45) is 5.73 Å². The summed E-state index contributed by atoms with van der Waals surface area (Å²) in [6, 6.07) is 12.3. The van der Waals surface area contributed by atoms with Crippen LogP contribution in [0.4, 0.5) is 5.69 Å². The summed E-state index contributed by atoms with van der Waals surface area (Å²) >= 11 is 9.50. The molecule has 0 fully saturated rings. The first-order valence-electron chi connectivity index (χ1n) is 6.38. The van der Waals surface area contributed by atoms with E-state index in [0.717, 1.165) is 15.6 Å². The number of halogens is 2. The molecule has 4 nitrogen and oxygen atoms in total. The second kappa shape index (κ2) is 7.02. The van der Waals surface area contributed by atoms with Crippen LogP contribution in [-0.2, 0) is 12.8 Å². The van der Waals surface area contributed by atoms with Gasteiger partial charge in [-0.15, -0.1) is 0 Å². The van der Waals surface area contributed by atoms with Crippen molar-refractivity contribution in [3.8, 4) is 0 Å². The Morgan fingerprint density at radius 2 is 2.00 bits per heavy atom. The lowest BCUT2D eigenvalue weighted by Crippen LogP contribution is -2.25. The van der Waals surface area contributed by atoms with Crippen molar-refractivity contribution in [2.45, 2.75) is 18.9 Å². The summed E-state index contributed by atoms with van der Waals surface area (Å²) in [7, 11) is 0. The molecule has 0 spiro atoms. The van der Waals surface area contributed by atoms with Crippen molar-refractivity contribution >= 4 is 33.2 Å². The largest absolute Gasteiger partial charge is 0.327 e. The van der Waals surface area contributed by atoms with Crippen LogP contribution in [0, 0.1) is 10.1 Å². The summed E-state index contributed by atoms with van der Waals surface area (Å²) in [5.74, 6) is 0. The summed E-state index contributed by atoms with van der Waals surface area (Å²) < 4.78 is 1.01. The Labute approximate surface area is 136 Å². The lowest BCUT2D eigenvalue weighted by atomic mass is 9.99. The van der Waals surface area contributed by atoms with E-state index in [0.29, 0.717) is 17.9 Å². The van der Waals surface area contributed by atoms with Gasteiger partial charge in [0.25, 0.3) is 5.69 Å². The molecule has 110 valence electrons. The van der Waals surface area contributed by atoms with Crippen LogP contribution in [0.25, 0.3) is 0 Å². The zero-order valence-corrected chi connectivity index (χ0v) is 13.5. The summed E-state index contributed by atoms with van der Waals surface area (Å²) in [6.07, 6.45) is 1.29. The predicted molar refractivity (Wildman–Crippen MR) is 87.6 cm³/mol. The van der Waals surface area contributed by atoms with Crippen LogP contribution in [0.15, 0.2) is 46.9 Å². The minimum atomic E-state index is -0.461. The highest BCUT2D eigenvalue weighted by Crippen LogP contribution is 2.24. The van der Waals surface area contributed by atoms with Gasteiger partial charge in [0.1, 0.15) is 0 Å². The van der Waals surface area contributed by atoms with Gasteiger partial charge >= 0.3 is 0 Å². The van der Waals surface area contributed by atoms with E-state index in [2.05, 4.69) is 15.9 Å². The van der Waals surface area contributed by atoms with Crippen LogP contribution in [0.2, 0.25) is 5.02 Å². The normalized spacial score (nSPS) is 12.1. The maximum Gasteiger partial charge on any atom is 0.270 e. The zero-order chi connectivity index (χ0) is 15.4. The Morgan fingerprint density at radius 3 is 2.62 bits per heavy atom. The average Bonchev–Trinajstić information content (AvgIpc) is 2.40. The van der Waals surface area contributed by atoms with Gasteiger partial charge in [-0.05, 0) is 36.1 Å². The van der Waals surface area contributed by atoms with Gasteiger partial charge in [-0.3, -0.25) is 10.1 Å². The third kappa shape index (κ3) is 4.52. The van der Waals surface area contributed by atoms with E-state index in [1.54, 1.807) is 6.07 Å². The number of rotatable bonds is 5. The van der Waals surface area contributed by atoms with Gasteiger partial charge in [-0.1, -0.05) is 45.7 Å². The van der Waals surface area contributed by atoms with Crippen LogP contribution < -0.4 is 5.73 Å². The highest BCUT2D eigenvalue weighted by atomic mass is 79.9. The number of hydrogen-bond donors (Lipinski definition) is 1. The maximum atomic E-state index is 10.7. The SMILES string of the molecule is NC(Cc1cccc(Br)c1)Cc1ccc([N+](=O)[O-])cc1Cl. The second-order valence-corrected chi connectivity index (χ2v) is 6.15. The number of nitrogens with zero attached hydrogens (tertiary/aromatic N) is 1. The third-order valence-electron chi connectivity index (χ3n) is 3.12. The van der Waals surface area contributed by atoms with Crippen molar-refractivity contribution in [3.05, 3.63) is 73.2 Å². The topological polar surface area (TPSA) is 69.2 Å². The van der Waals surface area contributed by atoms with Gasteiger partial charge < -0.3 is 5.73 Å². The summed E-state index contributed by atoms with van der Waals surface area (Å²) in [5.41, 5.74) is 8.09. The Kier molecular flexibility index (Phi) is 5.33. The van der Waals surface area contributed by atoms with E-state index in [-0.39, 0.29) is 11.7 Å². The monoisotopic (exact) mass is 368 g/mol. The quantitative estimate of drug-likeness (QED) is 0.636. The molecular formula is C15H14BrClN2O2. The van der Waals surface area contributed by atoms with Crippen LogP contribution in [0.5, 0.6) is 0 Å². The van der Waals surface area contributed by atoms with Gasteiger partial charge in [0.05, 0.1) is 9.95 Å². The van der Waals surface area contributed by atoms with E-state index in [1.807, 2.05) is 24.3 Å². The fraction of sp³-hybridized carbons (Fsp3) is 0.200. The molecule has 0 saturated heterocycles. The molecular weight excluding hydrogens is 356 g/mol. The van der Waals surface area contributed by atoms with Crippen LogP contribution >= 0.6 is 27.5 Å². The number of hydrogen-bond acceptors (Lipinski definition) is 3. The van der Waals surface area contributed by atoms with E-state index >= 15 is 0 Å². The Balaban J connectivity index is 2.06. The minimum absolute atomic E-state index is 0.00990. The number of non-ortho nitro benzene ring substituents is 1. The fourth-order valence-corrected chi connectivity index (χ4v) is 2.84.